The van der Waals surface area contributed by atoms with Crippen LogP contribution in [0.2, 0.25) is 0 Å². The average Bonchev–Trinajstić information content (AvgIpc) is 2.21. The van der Waals surface area contributed by atoms with Gasteiger partial charge >= 0.3 is 0 Å². The van der Waals surface area contributed by atoms with Crippen LogP contribution in [-0.4, -0.2) is 48.9 Å². The van der Waals surface area contributed by atoms with E-state index in [4.69, 9.17) is 5.73 Å². The molecule has 0 atom stereocenters. The molecule has 0 radical (unpaired) electrons. The molecule has 0 aromatic carbocycles. The molecule has 0 aromatic heterocycles. The van der Waals surface area contributed by atoms with Crippen LogP contribution < -0.4 is 5.73 Å². The maximum absolute atomic E-state index is 5.48. The minimum Gasteiger partial charge on any atom is -0.387 e. The highest BCUT2D eigenvalue weighted by Crippen LogP contribution is 2.01. The van der Waals surface area contributed by atoms with Gasteiger partial charge in [-0.05, 0) is 34.7 Å². The van der Waals surface area contributed by atoms with E-state index in [1.807, 2.05) is 13.1 Å². The van der Waals surface area contributed by atoms with Gasteiger partial charge in [-0.1, -0.05) is 0 Å². The predicted molar refractivity (Wildman–Crippen MR) is 71.4 cm³/mol. The van der Waals surface area contributed by atoms with E-state index in [-0.39, 0.29) is 0 Å². The second kappa shape index (κ2) is 7.28. The summed E-state index contributed by atoms with van der Waals surface area (Å²) in [6.07, 6.45) is 1.81. The van der Waals surface area contributed by atoms with Crippen LogP contribution in [0.5, 0.6) is 0 Å². The Bertz CT molecular complexity index is 252. The molecule has 0 aliphatic heterocycles. The Hall–Kier alpha value is -1.03. The van der Waals surface area contributed by atoms with Crippen molar-refractivity contribution in [3.63, 3.8) is 0 Å². The van der Waals surface area contributed by atoms with Crippen LogP contribution in [-0.2, 0) is 0 Å². The van der Waals surface area contributed by atoms with Gasteiger partial charge in [-0.3, -0.25) is 0 Å². The molecule has 0 fully saturated rings. The van der Waals surface area contributed by atoms with Crippen LogP contribution in [0.3, 0.4) is 0 Å². The molecule has 94 valence electrons. The lowest BCUT2D eigenvalue weighted by molar-refractivity contribution is 0.243. The number of aliphatic imine (C=N–C) groups is 1. The van der Waals surface area contributed by atoms with E-state index in [0.717, 1.165) is 18.8 Å². The number of amidine groups is 1. The Kier molecular flexibility index (Phi) is 6.81. The lowest BCUT2D eigenvalue weighted by Gasteiger charge is -2.26. The first-order valence-corrected chi connectivity index (χ1v) is 5.72. The van der Waals surface area contributed by atoms with E-state index in [0.29, 0.717) is 11.9 Å². The van der Waals surface area contributed by atoms with Crippen LogP contribution in [0.25, 0.3) is 0 Å². The number of allylic oxidation sites excluding steroid dienone is 1. The number of hydrogen-bond donors (Lipinski definition) is 1. The van der Waals surface area contributed by atoms with Crippen molar-refractivity contribution >= 4 is 5.84 Å². The van der Waals surface area contributed by atoms with Gasteiger partial charge in [-0.15, -0.1) is 0 Å². The minimum atomic E-state index is 0.585. The average molecular weight is 226 g/mol. The molecule has 0 aliphatic carbocycles. The van der Waals surface area contributed by atoms with Crippen molar-refractivity contribution in [3.8, 4) is 0 Å². The lowest BCUT2D eigenvalue weighted by atomic mass is 10.3. The molecule has 0 unspecified atom stereocenters. The Balaban J connectivity index is 4.11. The fraction of sp³-hybridized carbons (Fsp3) is 0.750. The number of nitrogens with two attached hydrogens (primary N) is 1. The molecule has 0 bridgehead atoms. The first kappa shape index (κ1) is 15.0. The number of rotatable bonds is 6. The molecule has 4 heteroatoms. The van der Waals surface area contributed by atoms with Crippen molar-refractivity contribution in [3.05, 3.63) is 11.9 Å². The zero-order valence-electron chi connectivity index (χ0n) is 11.5. The molecule has 2 N–H and O–H groups in total. The maximum Gasteiger partial charge on any atom is 0.0958 e. The van der Waals surface area contributed by atoms with E-state index >= 15 is 0 Å². The predicted octanol–water partition coefficient (Wildman–Crippen LogP) is 1.50. The van der Waals surface area contributed by atoms with Gasteiger partial charge in [0.25, 0.3) is 0 Å². The lowest BCUT2D eigenvalue weighted by Crippen LogP contribution is -2.34. The third-order valence-electron chi connectivity index (χ3n) is 2.73. The molecule has 0 saturated heterocycles. The molecule has 0 spiro atoms. The van der Waals surface area contributed by atoms with E-state index in [1.54, 1.807) is 6.92 Å². The van der Waals surface area contributed by atoms with Gasteiger partial charge in [-0.2, -0.15) is 0 Å². The van der Waals surface area contributed by atoms with Crippen molar-refractivity contribution in [2.24, 2.45) is 10.7 Å². The number of likely N-dealkylation sites (N-methyl/N-ethyl adjacent to an activating group) is 2. The summed E-state index contributed by atoms with van der Waals surface area (Å²) >= 11 is 0. The van der Waals surface area contributed by atoms with E-state index < -0.39 is 0 Å². The second-order valence-electron chi connectivity index (χ2n) is 4.54. The Morgan fingerprint density at radius 3 is 2.25 bits per heavy atom. The van der Waals surface area contributed by atoms with Crippen LogP contribution >= 0.6 is 0 Å². The summed E-state index contributed by atoms with van der Waals surface area (Å²) in [5.74, 6) is 0.590. The molecule has 0 aliphatic rings. The number of hydrogen-bond acceptors (Lipinski definition) is 3. The highest BCUT2D eigenvalue weighted by Gasteiger charge is 2.05. The monoisotopic (exact) mass is 226 g/mol. The Labute approximate surface area is 99.8 Å². The highest BCUT2D eigenvalue weighted by atomic mass is 15.2. The second-order valence-corrected chi connectivity index (χ2v) is 4.54. The van der Waals surface area contributed by atoms with Gasteiger partial charge in [0.2, 0.25) is 0 Å². The molecule has 0 amide bonds. The first-order valence-electron chi connectivity index (χ1n) is 5.72. The topological polar surface area (TPSA) is 44.9 Å². The van der Waals surface area contributed by atoms with Crippen molar-refractivity contribution in [2.45, 2.75) is 33.7 Å². The molecule has 0 saturated carbocycles. The summed E-state index contributed by atoms with van der Waals surface area (Å²) in [6, 6.07) is 0.585. The van der Waals surface area contributed by atoms with E-state index in [2.05, 4.69) is 42.7 Å². The van der Waals surface area contributed by atoms with Gasteiger partial charge in [0.05, 0.1) is 5.84 Å². The van der Waals surface area contributed by atoms with Gasteiger partial charge in [-0.25, -0.2) is 4.99 Å². The van der Waals surface area contributed by atoms with Gasteiger partial charge in [0.15, 0.2) is 0 Å². The van der Waals surface area contributed by atoms with Crippen LogP contribution in [0.4, 0.5) is 0 Å². The van der Waals surface area contributed by atoms with Gasteiger partial charge in [0.1, 0.15) is 0 Å². The molecular formula is C12H26N4. The Morgan fingerprint density at radius 2 is 1.81 bits per heavy atom. The first-order chi connectivity index (χ1) is 7.34. The SMILES string of the molecule is CC(N)=N/C=C(\C)N(C)CCN(C)C(C)C. The van der Waals surface area contributed by atoms with Gasteiger partial charge < -0.3 is 15.5 Å². The van der Waals surface area contributed by atoms with Crippen molar-refractivity contribution in [2.75, 3.05) is 27.2 Å². The minimum absolute atomic E-state index is 0.585. The van der Waals surface area contributed by atoms with Crippen molar-refractivity contribution in [1.29, 1.82) is 0 Å². The molecule has 4 nitrogen and oxygen atoms in total. The molecular weight excluding hydrogens is 200 g/mol. The molecule has 0 heterocycles. The van der Waals surface area contributed by atoms with E-state index in [1.165, 1.54) is 0 Å². The van der Waals surface area contributed by atoms with Crippen LogP contribution in [0.1, 0.15) is 27.7 Å². The highest BCUT2D eigenvalue weighted by molar-refractivity contribution is 5.77. The summed E-state index contributed by atoms with van der Waals surface area (Å²) in [5, 5.41) is 0. The fourth-order valence-electron chi connectivity index (χ4n) is 1.04. The summed E-state index contributed by atoms with van der Waals surface area (Å²) in [5.41, 5.74) is 6.61. The molecule has 16 heavy (non-hydrogen) atoms. The standard InChI is InChI=1S/C12H26N4/c1-10(2)15(5)7-8-16(6)11(3)9-14-12(4)13/h9-10H,7-8H2,1-6H3,(H2,13,14)/b11-9+. The van der Waals surface area contributed by atoms with Crippen molar-refractivity contribution < 1.29 is 0 Å². The third kappa shape index (κ3) is 6.45. The summed E-state index contributed by atoms with van der Waals surface area (Å²) in [7, 11) is 4.21. The fourth-order valence-corrected chi connectivity index (χ4v) is 1.04. The summed E-state index contributed by atoms with van der Waals surface area (Å²) < 4.78 is 0. The van der Waals surface area contributed by atoms with Gasteiger partial charge in [0, 0.05) is 38.1 Å². The summed E-state index contributed by atoms with van der Waals surface area (Å²) in [4.78, 5) is 8.59. The smallest absolute Gasteiger partial charge is 0.0958 e. The maximum atomic E-state index is 5.48. The zero-order valence-corrected chi connectivity index (χ0v) is 11.5. The molecule has 0 rings (SSSR count). The quantitative estimate of drug-likeness (QED) is 0.551. The normalized spacial score (nSPS) is 13.8. The number of nitrogens with zero attached hydrogens (tertiary/aromatic N) is 3. The molecule has 0 aromatic rings. The summed E-state index contributed by atoms with van der Waals surface area (Å²) in [6.45, 7) is 10.3. The van der Waals surface area contributed by atoms with Crippen LogP contribution in [0.15, 0.2) is 16.9 Å². The zero-order chi connectivity index (χ0) is 12.7. The van der Waals surface area contributed by atoms with Crippen LogP contribution in [0, 0.1) is 0 Å². The van der Waals surface area contributed by atoms with Crippen molar-refractivity contribution in [1.82, 2.24) is 9.80 Å². The largest absolute Gasteiger partial charge is 0.387 e. The Morgan fingerprint density at radius 1 is 1.25 bits per heavy atom. The van der Waals surface area contributed by atoms with E-state index in [9.17, 15) is 0 Å². The third-order valence-corrected chi connectivity index (χ3v) is 2.73.